The lowest BCUT2D eigenvalue weighted by molar-refractivity contribution is -0.120. The van der Waals surface area contributed by atoms with Gasteiger partial charge in [-0.15, -0.1) is 0 Å². The van der Waals surface area contributed by atoms with Crippen LogP contribution in [0, 0.1) is 0 Å². The number of carbonyl (C=O) groups is 2. The van der Waals surface area contributed by atoms with Crippen molar-refractivity contribution in [2.24, 2.45) is 0 Å². The van der Waals surface area contributed by atoms with Crippen molar-refractivity contribution >= 4 is 11.6 Å². The number of aliphatic hydroxyl groups excluding tert-OH is 2. The maximum absolute atomic E-state index is 11.8. The molecule has 20 heavy (non-hydrogen) atoms. The Hall–Kier alpha value is -1.58. The van der Waals surface area contributed by atoms with Crippen LogP contribution in [0.5, 0.6) is 0 Å². The fraction of sp³-hybridized carbons (Fsp3) is 0.625. The Kier molecular flexibility index (Phi) is 6.49. The molecule has 0 aromatic carbocycles. The van der Waals surface area contributed by atoms with Crippen LogP contribution in [-0.4, -0.2) is 21.8 Å². The van der Waals surface area contributed by atoms with E-state index in [2.05, 4.69) is 6.92 Å². The Bertz CT molecular complexity index is 443. The summed E-state index contributed by atoms with van der Waals surface area (Å²) in [7, 11) is 0. The van der Waals surface area contributed by atoms with Gasteiger partial charge in [-0.05, 0) is 19.8 Å². The summed E-state index contributed by atoms with van der Waals surface area (Å²) in [6, 6.07) is 0. The number of hydrogen-bond acceptors (Lipinski definition) is 4. The van der Waals surface area contributed by atoms with Gasteiger partial charge in [0.1, 0.15) is 0 Å². The van der Waals surface area contributed by atoms with Gasteiger partial charge in [0.05, 0.1) is 0 Å². The second-order valence-corrected chi connectivity index (χ2v) is 5.33. The van der Waals surface area contributed by atoms with Gasteiger partial charge >= 0.3 is 0 Å². The molecule has 0 aromatic heterocycles. The molecule has 0 atom stereocenters. The number of ketones is 2. The summed E-state index contributed by atoms with van der Waals surface area (Å²) in [6.07, 6.45) is 8.01. The number of unbranched alkanes of at least 4 members (excludes halogenated alkanes) is 6. The van der Waals surface area contributed by atoms with Crippen LogP contribution in [0.25, 0.3) is 0 Å². The molecule has 0 amide bonds. The van der Waals surface area contributed by atoms with E-state index in [1.54, 1.807) is 0 Å². The van der Waals surface area contributed by atoms with Gasteiger partial charge in [-0.25, -0.2) is 0 Å². The summed E-state index contributed by atoms with van der Waals surface area (Å²) in [5.41, 5.74) is -0.0116. The lowest BCUT2D eigenvalue weighted by Crippen LogP contribution is -2.22. The highest BCUT2D eigenvalue weighted by Gasteiger charge is 2.31. The molecule has 1 aliphatic carbocycles. The summed E-state index contributed by atoms with van der Waals surface area (Å²) in [6.45, 7) is 3.51. The van der Waals surface area contributed by atoms with Gasteiger partial charge < -0.3 is 10.2 Å². The van der Waals surface area contributed by atoms with Crippen molar-refractivity contribution in [3.05, 3.63) is 22.7 Å². The minimum absolute atomic E-state index is 0.0617. The maximum Gasteiger partial charge on any atom is 0.227 e. The zero-order valence-corrected chi connectivity index (χ0v) is 12.4. The van der Waals surface area contributed by atoms with Crippen molar-refractivity contribution in [2.45, 2.75) is 65.2 Å². The van der Waals surface area contributed by atoms with E-state index in [0.717, 1.165) is 19.3 Å². The second kappa shape index (κ2) is 7.88. The number of Topliss-reactive ketones (excluding diaryl/α,β-unsaturated/α-hetero) is 2. The van der Waals surface area contributed by atoms with Gasteiger partial charge in [-0.2, -0.15) is 0 Å². The lowest BCUT2D eigenvalue weighted by Gasteiger charge is -2.15. The highest BCUT2D eigenvalue weighted by atomic mass is 16.3. The third-order valence-electron chi connectivity index (χ3n) is 3.72. The Balaban J connectivity index is 2.44. The fourth-order valence-electron chi connectivity index (χ4n) is 2.33. The normalized spacial score (nSPS) is 16.3. The summed E-state index contributed by atoms with van der Waals surface area (Å²) < 4.78 is 0. The molecule has 4 nitrogen and oxygen atoms in total. The topological polar surface area (TPSA) is 74.6 Å². The molecule has 0 saturated heterocycles. The van der Waals surface area contributed by atoms with Crippen molar-refractivity contribution in [1.82, 2.24) is 0 Å². The Morgan fingerprint density at radius 2 is 1.35 bits per heavy atom. The van der Waals surface area contributed by atoms with E-state index in [9.17, 15) is 19.8 Å². The van der Waals surface area contributed by atoms with Crippen LogP contribution in [0.15, 0.2) is 22.7 Å². The van der Waals surface area contributed by atoms with Crippen LogP contribution in [-0.2, 0) is 9.59 Å². The van der Waals surface area contributed by atoms with Gasteiger partial charge in [0.25, 0.3) is 0 Å². The Morgan fingerprint density at radius 3 is 1.95 bits per heavy atom. The monoisotopic (exact) mass is 280 g/mol. The molecule has 0 unspecified atom stereocenters. The van der Waals surface area contributed by atoms with E-state index in [0.29, 0.717) is 6.42 Å². The molecule has 0 heterocycles. The number of aliphatic hydroxyl groups is 2. The molecule has 1 aliphatic rings. The van der Waals surface area contributed by atoms with E-state index in [-0.39, 0.29) is 11.1 Å². The van der Waals surface area contributed by atoms with Crippen molar-refractivity contribution in [3.63, 3.8) is 0 Å². The molecule has 0 aliphatic heterocycles. The zero-order valence-electron chi connectivity index (χ0n) is 12.4. The van der Waals surface area contributed by atoms with Crippen molar-refractivity contribution in [3.8, 4) is 0 Å². The van der Waals surface area contributed by atoms with Gasteiger partial charge in [0, 0.05) is 11.1 Å². The van der Waals surface area contributed by atoms with Crippen LogP contribution < -0.4 is 0 Å². The van der Waals surface area contributed by atoms with Crippen LogP contribution in [0.2, 0.25) is 0 Å². The molecular weight excluding hydrogens is 256 g/mol. The van der Waals surface area contributed by atoms with E-state index in [4.69, 9.17) is 0 Å². The van der Waals surface area contributed by atoms with Crippen LogP contribution in [0.1, 0.15) is 65.2 Å². The van der Waals surface area contributed by atoms with E-state index >= 15 is 0 Å². The SMILES string of the molecule is CCCCCCCCCC1=C(O)C(=O)C(C)=C(O)C1=O. The van der Waals surface area contributed by atoms with Crippen molar-refractivity contribution < 1.29 is 19.8 Å². The quantitative estimate of drug-likeness (QED) is 0.522. The van der Waals surface area contributed by atoms with Crippen molar-refractivity contribution in [1.29, 1.82) is 0 Å². The molecule has 2 N–H and O–H groups in total. The second-order valence-electron chi connectivity index (χ2n) is 5.33. The third-order valence-corrected chi connectivity index (χ3v) is 3.72. The van der Waals surface area contributed by atoms with Crippen LogP contribution in [0.4, 0.5) is 0 Å². The Morgan fingerprint density at radius 1 is 0.800 bits per heavy atom. The molecule has 0 fully saturated rings. The molecule has 0 saturated carbocycles. The highest BCUT2D eigenvalue weighted by molar-refractivity contribution is 6.22. The number of carbonyl (C=O) groups excluding carboxylic acids is 2. The fourth-order valence-corrected chi connectivity index (χ4v) is 2.33. The van der Waals surface area contributed by atoms with Crippen molar-refractivity contribution in [2.75, 3.05) is 0 Å². The molecule has 0 bridgehead atoms. The average molecular weight is 280 g/mol. The molecule has 1 rings (SSSR count). The zero-order chi connectivity index (χ0) is 15.1. The minimum atomic E-state index is -0.639. The van der Waals surface area contributed by atoms with Crippen LogP contribution in [0.3, 0.4) is 0 Å². The lowest BCUT2D eigenvalue weighted by atomic mass is 9.91. The van der Waals surface area contributed by atoms with Gasteiger partial charge in [-0.1, -0.05) is 45.4 Å². The number of hydrogen-bond donors (Lipinski definition) is 2. The van der Waals surface area contributed by atoms with Gasteiger partial charge in [0.15, 0.2) is 11.5 Å². The van der Waals surface area contributed by atoms with Crippen LogP contribution >= 0.6 is 0 Å². The first kappa shape index (κ1) is 16.5. The predicted molar refractivity (Wildman–Crippen MR) is 77.6 cm³/mol. The Labute approximate surface area is 120 Å². The highest BCUT2D eigenvalue weighted by Crippen LogP contribution is 2.25. The van der Waals surface area contributed by atoms with E-state index in [1.165, 1.54) is 32.6 Å². The third kappa shape index (κ3) is 3.95. The molecule has 0 aromatic rings. The molecule has 4 heteroatoms. The summed E-state index contributed by atoms with van der Waals surface area (Å²) in [4.78, 5) is 23.4. The minimum Gasteiger partial charge on any atom is -0.504 e. The van der Waals surface area contributed by atoms with E-state index in [1.807, 2.05) is 0 Å². The summed E-state index contributed by atoms with van der Waals surface area (Å²) in [5, 5.41) is 19.3. The average Bonchev–Trinajstić information content (AvgIpc) is 2.45. The van der Waals surface area contributed by atoms with Gasteiger partial charge in [-0.3, -0.25) is 9.59 Å². The smallest absolute Gasteiger partial charge is 0.227 e. The summed E-state index contributed by atoms with van der Waals surface area (Å²) in [5.74, 6) is -2.26. The first-order valence-electron chi connectivity index (χ1n) is 7.42. The first-order chi connectivity index (χ1) is 9.50. The predicted octanol–water partition coefficient (Wildman–Crippen LogP) is 3.92. The molecular formula is C16H24O4. The number of allylic oxidation sites excluding steroid dienone is 2. The molecule has 112 valence electrons. The summed E-state index contributed by atoms with van der Waals surface area (Å²) >= 11 is 0. The largest absolute Gasteiger partial charge is 0.504 e. The molecule has 0 radical (unpaired) electrons. The molecule has 0 spiro atoms. The first-order valence-corrected chi connectivity index (χ1v) is 7.42. The standard InChI is InChI=1S/C16H24O4/c1-3-4-5-6-7-8-9-10-12-15(19)13(17)11(2)14(18)16(12)20/h17,20H,3-10H2,1-2H3. The van der Waals surface area contributed by atoms with E-state index < -0.39 is 23.1 Å². The van der Waals surface area contributed by atoms with Gasteiger partial charge in [0.2, 0.25) is 11.6 Å². The number of rotatable bonds is 8. The maximum atomic E-state index is 11.8.